The SMILES string of the molecule is Cc1cc2ncoc2cc1-c1n(-c2c(C(C)C)cc(-c3ccccc3)cc2C(C)C)c2ccccc2[n+]1C. The van der Waals surface area contributed by atoms with Gasteiger partial charge < -0.3 is 4.42 Å². The van der Waals surface area contributed by atoms with Crippen molar-refractivity contribution in [3.63, 3.8) is 0 Å². The fourth-order valence-corrected chi connectivity index (χ4v) is 5.71. The van der Waals surface area contributed by atoms with E-state index in [9.17, 15) is 0 Å². The Morgan fingerprint density at radius 2 is 1.45 bits per heavy atom. The van der Waals surface area contributed by atoms with Gasteiger partial charge in [-0.15, -0.1) is 0 Å². The van der Waals surface area contributed by atoms with E-state index in [1.807, 2.05) is 0 Å². The van der Waals surface area contributed by atoms with Gasteiger partial charge in [-0.25, -0.2) is 9.55 Å². The molecule has 0 saturated heterocycles. The highest BCUT2D eigenvalue weighted by Gasteiger charge is 2.32. The van der Waals surface area contributed by atoms with Crippen LogP contribution in [0.15, 0.2) is 89.7 Å². The van der Waals surface area contributed by atoms with Gasteiger partial charge in [0.25, 0.3) is 5.82 Å². The second-order valence-corrected chi connectivity index (χ2v) is 10.9. The van der Waals surface area contributed by atoms with Crippen LogP contribution in [0.2, 0.25) is 0 Å². The predicted octanol–water partition coefficient (Wildman–Crippen LogP) is 8.49. The molecule has 0 amide bonds. The van der Waals surface area contributed by atoms with E-state index in [1.165, 1.54) is 50.9 Å². The highest BCUT2D eigenvalue weighted by Crippen LogP contribution is 2.40. The standard InChI is InChI=1S/C34H34N3O/c1-21(2)26-17-25(24-12-8-7-9-13-24)18-27(22(3)4)33(26)37-31-15-11-10-14-30(31)36(6)34(37)28-19-32-29(16-23(28)5)35-20-38-32/h7-22H,1-6H3/q+1. The van der Waals surface area contributed by atoms with Crippen LogP contribution in [0.1, 0.15) is 56.2 Å². The molecule has 2 heterocycles. The number of oxazole rings is 1. The molecular formula is C34H34N3O+. The average molecular weight is 501 g/mol. The number of imidazole rings is 1. The number of fused-ring (bicyclic) bond motifs is 2. The molecule has 0 atom stereocenters. The Kier molecular flexibility index (Phi) is 5.91. The van der Waals surface area contributed by atoms with Crippen LogP contribution in [-0.4, -0.2) is 9.55 Å². The summed E-state index contributed by atoms with van der Waals surface area (Å²) in [4.78, 5) is 4.39. The minimum Gasteiger partial charge on any atom is -0.443 e. The summed E-state index contributed by atoms with van der Waals surface area (Å²) >= 11 is 0. The largest absolute Gasteiger partial charge is 0.443 e. The maximum absolute atomic E-state index is 5.75. The Bertz CT molecular complexity index is 1760. The van der Waals surface area contributed by atoms with Crippen molar-refractivity contribution in [3.8, 4) is 28.2 Å². The predicted molar refractivity (Wildman–Crippen MR) is 156 cm³/mol. The quantitative estimate of drug-likeness (QED) is 0.222. The number of aryl methyl sites for hydroxylation is 2. The van der Waals surface area contributed by atoms with Crippen LogP contribution in [0.3, 0.4) is 0 Å². The van der Waals surface area contributed by atoms with Crippen molar-refractivity contribution in [3.05, 3.63) is 102 Å². The Balaban J connectivity index is 1.76. The third kappa shape index (κ3) is 3.83. The Hall–Kier alpha value is -4.18. The summed E-state index contributed by atoms with van der Waals surface area (Å²) < 4.78 is 10.6. The second-order valence-electron chi connectivity index (χ2n) is 10.9. The van der Waals surface area contributed by atoms with E-state index < -0.39 is 0 Å². The number of aromatic nitrogens is 3. The Morgan fingerprint density at radius 3 is 2.13 bits per heavy atom. The molecule has 38 heavy (non-hydrogen) atoms. The lowest BCUT2D eigenvalue weighted by molar-refractivity contribution is -0.633. The molecule has 0 saturated carbocycles. The second kappa shape index (κ2) is 9.29. The molecule has 0 N–H and O–H groups in total. The number of benzene rings is 4. The molecule has 4 nitrogen and oxygen atoms in total. The van der Waals surface area contributed by atoms with Crippen molar-refractivity contribution in [1.29, 1.82) is 0 Å². The van der Waals surface area contributed by atoms with Crippen molar-refractivity contribution in [2.75, 3.05) is 0 Å². The van der Waals surface area contributed by atoms with Gasteiger partial charge in [0.1, 0.15) is 11.2 Å². The van der Waals surface area contributed by atoms with E-state index >= 15 is 0 Å². The highest BCUT2D eigenvalue weighted by molar-refractivity contribution is 5.85. The zero-order valence-corrected chi connectivity index (χ0v) is 23.0. The monoisotopic (exact) mass is 500 g/mol. The van der Waals surface area contributed by atoms with Crippen LogP contribution in [-0.2, 0) is 7.05 Å². The zero-order chi connectivity index (χ0) is 26.6. The van der Waals surface area contributed by atoms with Crippen LogP contribution < -0.4 is 4.57 Å². The van der Waals surface area contributed by atoms with Gasteiger partial charge in [-0.05, 0) is 71.8 Å². The first-order valence-corrected chi connectivity index (χ1v) is 13.4. The van der Waals surface area contributed by atoms with Gasteiger partial charge in [0, 0.05) is 11.1 Å². The molecule has 0 bridgehead atoms. The normalized spacial score (nSPS) is 11.9. The van der Waals surface area contributed by atoms with Gasteiger partial charge in [-0.2, -0.15) is 4.57 Å². The van der Waals surface area contributed by atoms with Crippen LogP contribution in [0.4, 0.5) is 0 Å². The third-order valence-electron chi connectivity index (χ3n) is 7.68. The Morgan fingerprint density at radius 1 is 0.789 bits per heavy atom. The molecule has 2 aromatic heterocycles. The topological polar surface area (TPSA) is 34.8 Å². The molecule has 4 heteroatoms. The molecule has 0 aliphatic carbocycles. The number of hydrogen-bond donors (Lipinski definition) is 0. The maximum atomic E-state index is 5.75. The summed E-state index contributed by atoms with van der Waals surface area (Å²) in [5, 5.41) is 0. The van der Waals surface area contributed by atoms with Crippen LogP contribution >= 0.6 is 0 Å². The summed E-state index contributed by atoms with van der Waals surface area (Å²) in [5.41, 5.74) is 12.9. The molecule has 6 aromatic rings. The summed E-state index contributed by atoms with van der Waals surface area (Å²) in [6.45, 7) is 11.4. The molecule has 0 unspecified atom stereocenters. The maximum Gasteiger partial charge on any atom is 0.295 e. The zero-order valence-electron chi connectivity index (χ0n) is 23.0. The number of nitrogens with zero attached hydrogens (tertiary/aromatic N) is 3. The minimum absolute atomic E-state index is 0.336. The first kappa shape index (κ1) is 24.2. The summed E-state index contributed by atoms with van der Waals surface area (Å²) in [6, 6.07) is 28.5. The van der Waals surface area contributed by atoms with E-state index in [-0.39, 0.29) is 0 Å². The van der Waals surface area contributed by atoms with Crippen LogP contribution in [0.25, 0.3) is 50.3 Å². The lowest BCUT2D eigenvalue weighted by Gasteiger charge is -2.21. The first-order valence-electron chi connectivity index (χ1n) is 13.4. The van der Waals surface area contributed by atoms with E-state index in [0.717, 1.165) is 22.5 Å². The van der Waals surface area contributed by atoms with Gasteiger partial charge in [0.2, 0.25) is 0 Å². The lowest BCUT2D eigenvalue weighted by Crippen LogP contribution is -2.30. The van der Waals surface area contributed by atoms with Crippen LogP contribution in [0, 0.1) is 6.92 Å². The summed E-state index contributed by atoms with van der Waals surface area (Å²) in [7, 11) is 2.17. The number of rotatable bonds is 5. The molecular weight excluding hydrogens is 466 g/mol. The molecule has 0 aliphatic rings. The van der Waals surface area contributed by atoms with Crippen molar-refractivity contribution < 1.29 is 8.98 Å². The molecule has 4 aromatic carbocycles. The number of hydrogen-bond acceptors (Lipinski definition) is 2. The lowest BCUT2D eigenvalue weighted by atomic mass is 9.88. The molecule has 190 valence electrons. The van der Waals surface area contributed by atoms with Crippen molar-refractivity contribution in [1.82, 2.24) is 9.55 Å². The summed E-state index contributed by atoms with van der Waals surface area (Å²) in [6.07, 6.45) is 1.53. The highest BCUT2D eigenvalue weighted by atomic mass is 16.3. The van der Waals surface area contributed by atoms with Gasteiger partial charge in [0.05, 0.1) is 12.6 Å². The van der Waals surface area contributed by atoms with Gasteiger partial charge >= 0.3 is 0 Å². The van der Waals surface area contributed by atoms with Gasteiger partial charge in [-0.3, -0.25) is 0 Å². The van der Waals surface area contributed by atoms with E-state index in [4.69, 9.17) is 4.42 Å². The summed E-state index contributed by atoms with van der Waals surface area (Å²) in [5.74, 6) is 1.81. The van der Waals surface area contributed by atoms with Crippen molar-refractivity contribution >= 4 is 22.1 Å². The van der Waals surface area contributed by atoms with E-state index in [1.54, 1.807) is 0 Å². The molecule has 0 aliphatic heterocycles. The smallest absolute Gasteiger partial charge is 0.295 e. The van der Waals surface area contributed by atoms with Gasteiger partial charge in [0.15, 0.2) is 23.0 Å². The molecule has 0 fully saturated rings. The van der Waals surface area contributed by atoms with E-state index in [0.29, 0.717) is 11.8 Å². The van der Waals surface area contributed by atoms with Crippen LogP contribution in [0.5, 0.6) is 0 Å². The van der Waals surface area contributed by atoms with Gasteiger partial charge in [-0.1, -0.05) is 70.2 Å². The first-order chi connectivity index (χ1) is 18.3. The Labute approximate surface area is 224 Å². The van der Waals surface area contributed by atoms with Crippen molar-refractivity contribution in [2.45, 2.75) is 46.5 Å². The molecule has 0 spiro atoms. The minimum atomic E-state index is 0.336. The number of para-hydroxylation sites is 2. The fraction of sp³-hybridized carbons (Fsp3) is 0.235. The van der Waals surface area contributed by atoms with Crippen molar-refractivity contribution in [2.24, 2.45) is 7.05 Å². The van der Waals surface area contributed by atoms with E-state index in [2.05, 4.69) is 135 Å². The fourth-order valence-electron chi connectivity index (χ4n) is 5.71. The molecule has 6 rings (SSSR count). The molecule has 0 radical (unpaired) electrons. The average Bonchev–Trinajstić information content (AvgIpc) is 3.49. The third-order valence-corrected chi connectivity index (χ3v) is 7.68.